The fourth-order valence-electron chi connectivity index (χ4n) is 7.01. The minimum Gasteiger partial charge on any atom is -0.462 e. The van der Waals surface area contributed by atoms with Gasteiger partial charge in [-0.25, -0.2) is 0 Å². The Morgan fingerprint density at radius 1 is 0.545 bits per heavy atom. The maximum atomic E-state index is 12.8. The molecule has 0 saturated carbocycles. The Kier molecular flexibility index (Phi) is 34.4. The first kappa shape index (κ1) is 51.5. The molecule has 0 spiro atoms. The van der Waals surface area contributed by atoms with E-state index in [1.807, 2.05) is 0 Å². The first-order chi connectivity index (χ1) is 26.8. The average Bonchev–Trinajstić information content (AvgIpc) is 3.18. The van der Waals surface area contributed by atoms with Gasteiger partial charge in [-0.05, 0) is 38.5 Å². The molecule has 0 aromatic rings. The molecule has 0 radical (unpaired) electrons. The van der Waals surface area contributed by atoms with Crippen LogP contribution in [0.5, 0.6) is 0 Å². The molecular weight excluding hydrogens is 700 g/mol. The number of aliphatic hydroxyl groups excluding tert-OH is 4. The lowest BCUT2D eigenvalue weighted by atomic mass is 9.99. The number of allylic oxidation sites excluding steroid dienone is 2. The van der Waals surface area contributed by atoms with E-state index < -0.39 is 49.4 Å². The minimum atomic E-state index is -1.59. The summed E-state index contributed by atoms with van der Waals surface area (Å²) in [6.07, 6.45) is 30.7. The van der Waals surface area contributed by atoms with Gasteiger partial charge in [-0.2, -0.15) is 0 Å². The molecule has 4 N–H and O–H groups in total. The van der Waals surface area contributed by atoms with Gasteiger partial charge in [0, 0.05) is 12.8 Å². The van der Waals surface area contributed by atoms with Crippen molar-refractivity contribution in [3.63, 3.8) is 0 Å². The van der Waals surface area contributed by atoms with Crippen LogP contribution in [-0.2, 0) is 28.5 Å². The Balaban J connectivity index is 2.32. The minimum absolute atomic E-state index is 0.215. The number of carbonyl (C=O) groups excluding carboxylic acids is 2. The molecule has 1 fully saturated rings. The molecule has 1 rings (SSSR count). The van der Waals surface area contributed by atoms with Gasteiger partial charge in [-0.1, -0.05) is 167 Å². The lowest BCUT2D eigenvalue weighted by Gasteiger charge is -2.39. The molecule has 1 heterocycles. The van der Waals surface area contributed by atoms with E-state index in [9.17, 15) is 30.0 Å². The predicted molar refractivity (Wildman–Crippen MR) is 220 cm³/mol. The molecule has 0 aliphatic carbocycles. The highest BCUT2D eigenvalue weighted by molar-refractivity contribution is 5.70. The molecule has 1 saturated heterocycles. The van der Waals surface area contributed by atoms with E-state index in [2.05, 4.69) is 26.0 Å². The summed E-state index contributed by atoms with van der Waals surface area (Å²) in [4.78, 5) is 25.3. The molecule has 1 aliphatic rings. The monoisotopic (exact) mass is 785 g/mol. The highest BCUT2D eigenvalue weighted by Crippen LogP contribution is 2.23. The molecule has 0 aromatic carbocycles. The van der Waals surface area contributed by atoms with Crippen molar-refractivity contribution >= 4 is 11.9 Å². The number of esters is 2. The molecule has 324 valence electrons. The van der Waals surface area contributed by atoms with Crippen molar-refractivity contribution in [1.29, 1.82) is 0 Å². The van der Waals surface area contributed by atoms with Gasteiger partial charge in [0.25, 0.3) is 0 Å². The van der Waals surface area contributed by atoms with E-state index in [1.54, 1.807) is 0 Å². The third-order valence-corrected chi connectivity index (χ3v) is 10.7. The van der Waals surface area contributed by atoms with Crippen molar-refractivity contribution in [2.75, 3.05) is 19.8 Å². The molecule has 6 unspecified atom stereocenters. The van der Waals surface area contributed by atoms with Crippen LogP contribution in [-0.4, -0.2) is 89.0 Å². The van der Waals surface area contributed by atoms with E-state index >= 15 is 0 Å². The average molecular weight is 785 g/mol. The molecule has 55 heavy (non-hydrogen) atoms. The molecule has 10 nitrogen and oxygen atoms in total. The fraction of sp³-hybridized carbons (Fsp3) is 0.911. The van der Waals surface area contributed by atoms with Crippen LogP contribution in [0.3, 0.4) is 0 Å². The number of carbonyl (C=O) groups is 2. The Bertz CT molecular complexity index is 912. The quantitative estimate of drug-likeness (QED) is 0.0271. The highest BCUT2D eigenvalue weighted by Gasteiger charge is 2.44. The number of hydrogen-bond donors (Lipinski definition) is 4. The first-order valence-electron chi connectivity index (χ1n) is 22.8. The van der Waals surface area contributed by atoms with Crippen LogP contribution in [0, 0.1) is 0 Å². The Labute approximate surface area is 335 Å². The van der Waals surface area contributed by atoms with E-state index in [0.29, 0.717) is 6.42 Å². The first-order valence-corrected chi connectivity index (χ1v) is 22.8. The summed E-state index contributed by atoms with van der Waals surface area (Å²) in [5, 5.41) is 40.1. The van der Waals surface area contributed by atoms with Crippen LogP contribution < -0.4 is 0 Å². The highest BCUT2D eigenvalue weighted by atomic mass is 16.7. The van der Waals surface area contributed by atoms with Crippen LogP contribution >= 0.6 is 0 Å². The smallest absolute Gasteiger partial charge is 0.306 e. The Morgan fingerprint density at radius 3 is 1.42 bits per heavy atom. The van der Waals surface area contributed by atoms with Gasteiger partial charge in [0.1, 0.15) is 31.0 Å². The largest absolute Gasteiger partial charge is 0.462 e. The second kappa shape index (κ2) is 36.8. The summed E-state index contributed by atoms with van der Waals surface area (Å²) in [6, 6.07) is 0. The molecule has 10 heteroatoms. The SMILES string of the molecule is CCCCCCCC/C=C\CCCCCCCC(=O)OC(COC(=O)CCCCCCCCCCCCCCCCC)COC1OC(CO)C(O)C(O)C1O. The lowest BCUT2D eigenvalue weighted by Crippen LogP contribution is -2.59. The Morgan fingerprint density at radius 2 is 0.964 bits per heavy atom. The number of hydrogen-bond acceptors (Lipinski definition) is 10. The van der Waals surface area contributed by atoms with Gasteiger partial charge < -0.3 is 39.4 Å². The second-order valence-electron chi connectivity index (χ2n) is 15.9. The second-order valence-corrected chi connectivity index (χ2v) is 15.9. The van der Waals surface area contributed by atoms with E-state index in [-0.39, 0.29) is 32.0 Å². The normalized spacial score (nSPS) is 20.6. The third kappa shape index (κ3) is 28.5. The van der Waals surface area contributed by atoms with Crippen molar-refractivity contribution in [2.24, 2.45) is 0 Å². The maximum Gasteiger partial charge on any atom is 0.306 e. The number of aliphatic hydroxyl groups is 4. The zero-order valence-electron chi connectivity index (χ0n) is 35.2. The fourth-order valence-corrected chi connectivity index (χ4v) is 7.01. The summed E-state index contributed by atoms with van der Waals surface area (Å²) in [5.74, 6) is -0.806. The van der Waals surface area contributed by atoms with Crippen LogP contribution in [0.25, 0.3) is 0 Å². The van der Waals surface area contributed by atoms with Crippen LogP contribution in [0.15, 0.2) is 12.2 Å². The summed E-state index contributed by atoms with van der Waals surface area (Å²) >= 11 is 0. The molecule has 0 bridgehead atoms. The van der Waals surface area contributed by atoms with E-state index in [0.717, 1.165) is 51.4 Å². The van der Waals surface area contributed by atoms with Gasteiger partial charge >= 0.3 is 11.9 Å². The van der Waals surface area contributed by atoms with Crippen molar-refractivity contribution < 1.29 is 49.0 Å². The van der Waals surface area contributed by atoms with Gasteiger partial charge in [-0.15, -0.1) is 0 Å². The van der Waals surface area contributed by atoms with Crippen molar-refractivity contribution in [3.8, 4) is 0 Å². The van der Waals surface area contributed by atoms with Crippen LogP contribution in [0.1, 0.15) is 206 Å². The topological polar surface area (TPSA) is 152 Å². The molecule has 0 amide bonds. The molecular formula is C45H84O10. The van der Waals surface area contributed by atoms with Crippen molar-refractivity contribution in [2.45, 2.75) is 243 Å². The van der Waals surface area contributed by atoms with Crippen LogP contribution in [0.4, 0.5) is 0 Å². The van der Waals surface area contributed by atoms with Crippen LogP contribution in [0.2, 0.25) is 0 Å². The van der Waals surface area contributed by atoms with Gasteiger partial charge in [-0.3, -0.25) is 9.59 Å². The summed E-state index contributed by atoms with van der Waals surface area (Å²) in [6.45, 7) is 3.43. The standard InChI is InChI=1S/C45H84O10/c1-3-5-7-9-11-13-15-17-19-21-23-25-27-29-31-33-40(47)52-36-38(37-53-45-44(51)43(50)42(49)39(35-46)55-45)54-41(48)34-32-30-28-26-24-22-20-18-16-14-12-10-8-6-4-2/h18,20,38-39,42-46,49-51H,3-17,19,21-37H2,1-2H3/b20-18-. The van der Waals surface area contributed by atoms with E-state index in [4.69, 9.17) is 18.9 Å². The van der Waals surface area contributed by atoms with Gasteiger partial charge in [0.05, 0.1) is 13.2 Å². The Hall–Kier alpha value is -1.56. The predicted octanol–water partition coefficient (Wildman–Crippen LogP) is 9.56. The summed E-state index contributed by atoms with van der Waals surface area (Å²) < 4.78 is 22.2. The number of rotatable bonds is 38. The molecule has 1 aliphatic heterocycles. The lowest BCUT2D eigenvalue weighted by molar-refractivity contribution is -0.305. The zero-order valence-corrected chi connectivity index (χ0v) is 35.2. The summed E-state index contributed by atoms with van der Waals surface area (Å²) in [7, 11) is 0. The van der Waals surface area contributed by atoms with Gasteiger partial charge in [0.15, 0.2) is 12.4 Å². The van der Waals surface area contributed by atoms with Crippen molar-refractivity contribution in [1.82, 2.24) is 0 Å². The summed E-state index contributed by atoms with van der Waals surface area (Å²) in [5.41, 5.74) is 0. The maximum absolute atomic E-state index is 12.8. The number of ether oxygens (including phenoxy) is 4. The van der Waals surface area contributed by atoms with E-state index in [1.165, 1.54) is 122 Å². The van der Waals surface area contributed by atoms with Crippen molar-refractivity contribution in [3.05, 3.63) is 12.2 Å². The number of unbranched alkanes of at least 4 members (excludes halogenated alkanes) is 25. The zero-order chi connectivity index (χ0) is 40.2. The van der Waals surface area contributed by atoms with Gasteiger partial charge in [0.2, 0.25) is 0 Å². The molecule has 0 aromatic heterocycles. The third-order valence-electron chi connectivity index (χ3n) is 10.7. The molecule has 6 atom stereocenters.